The summed E-state index contributed by atoms with van der Waals surface area (Å²) in [5.74, 6) is -1.28. The van der Waals surface area contributed by atoms with E-state index in [1.165, 1.54) is 6.92 Å². The number of rotatable bonds is 4. The highest BCUT2D eigenvalue weighted by atomic mass is 79.9. The lowest BCUT2D eigenvalue weighted by Crippen LogP contribution is -2.39. The van der Waals surface area contributed by atoms with Gasteiger partial charge < -0.3 is 4.74 Å². The van der Waals surface area contributed by atoms with Crippen molar-refractivity contribution in [3.8, 4) is 0 Å². The molecule has 0 bridgehead atoms. The molecule has 1 atom stereocenters. The Labute approximate surface area is 113 Å². The average Bonchev–Trinajstić information content (AvgIpc) is 2.26. The van der Waals surface area contributed by atoms with Crippen LogP contribution in [0.4, 0.5) is 4.39 Å². The van der Waals surface area contributed by atoms with Crippen molar-refractivity contribution in [1.29, 1.82) is 0 Å². The van der Waals surface area contributed by atoms with E-state index in [-0.39, 0.29) is 9.37 Å². The lowest BCUT2D eigenvalue weighted by atomic mass is 10.3. The van der Waals surface area contributed by atoms with Crippen LogP contribution in [0.3, 0.4) is 0 Å². The van der Waals surface area contributed by atoms with E-state index in [9.17, 15) is 17.6 Å². The number of methoxy groups -OCH3 is 1. The summed E-state index contributed by atoms with van der Waals surface area (Å²) in [5, 5.41) is 0. The van der Waals surface area contributed by atoms with Gasteiger partial charge >= 0.3 is 5.97 Å². The molecule has 0 aliphatic rings. The maximum absolute atomic E-state index is 12.9. The molecule has 0 fully saturated rings. The van der Waals surface area contributed by atoms with E-state index in [0.717, 1.165) is 25.3 Å². The minimum Gasteiger partial charge on any atom is -0.468 e. The van der Waals surface area contributed by atoms with Crippen molar-refractivity contribution in [1.82, 2.24) is 4.72 Å². The van der Waals surface area contributed by atoms with Gasteiger partial charge in [0.25, 0.3) is 0 Å². The number of carbonyl (C=O) groups is 1. The van der Waals surface area contributed by atoms with Crippen LogP contribution in [-0.2, 0) is 19.6 Å². The van der Waals surface area contributed by atoms with E-state index in [1.54, 1.807) is 0 Å². The molecule has 0 aromatic heterocycles. The van der Waals surface area contributed by atoms with Crippen molar-refractivity contribution >= 4 is 31.9 Å². The van der Waals surface area contributed by atoms with Crippen LogP contribution < -0.4 is 4.72 Å². The van der Waals surface area contributed by atoms with Crippen molar-refractivity contribution in [3.63, 3.8) is 0 Å². The van der Waals surface area contributed by atoms with Gasteiger partial charge in [-0.25, -0.2) is 12.8 Å². The summed E-state index contributed by atoms with van der Waals surface area (Å²) in [6.07, 6.45) is 0. The Morgan fingerprint density at radius 1 is 1.50 bits per heavy atom. The minimum atomic E-state index is -3.93. The van der Waals surface area contributed by atoms with E-state index >= 15 is 0 Å². The van der Waals surface area contributed by atoms with Gasteiger partial charge in [0.2, 0.25) is 10.0 Å². The van der Waals surface area contributed by atoms with Crippen molar-refractivity contribution in [2.75, 3.05) is 7.11 Å². The molecule has 0 radical (unpaired) electrons. The highest BCUT2D eigenvalue weighted by Crippen LogP contribution is 2.22. The Morgan fingerprint density at radius 2 is 2.11 bits per heavy atom. The van der Waals surface area contributed by atoms with E-state index in [1.807, 2.05) is 0 Å². The number of carbonyl (C=O) groups excluding carboxylic acids is 1. The van der Waals surface area contributed by atoms with Crippen LogP contribution in [0.15, 0.2) is 27.6 Å². The third-order valence-electron chi connectivity index (χ3n) is 2.07. The van der Waals surface area contributed by atoms with Gasteiger partial charge in [-0.15, -0.1) is 0 Å². The summed E-state index contributed by atoms with van der Waals surface area (Å²) in [7, 11) is -2.77. The Morgan fingerprint density at radius 3 is 2.61 bits per heavy atom. The molecule has 8 heteroatoms. The first-order valence-electron chi connectivity index (χ1n) is 4.83. The summed E-state index contributed by atoms with van der Waals surface area (Å²) in [5.41, 5.74) is 0. The topological polar surface area (TPSA) is 72.5 Å². The number of hydrogen-bond acceptors (Lipinski definition) is 4. The third kappa shape index (κ3) is 3.50. The van der Waals surface area contributed by atoms with E-state index < -0.39 is 27.9 Å². The summed E-state index contributed by atoms with van der Waals surface area (Å²) in [4.78, 5) is 11.0. The van der Waals surface area contributed by atoms with Crippen LogP contribution in [0.25, 0.3) is 0 Å². The number of ether oxygens (including phenoxy) is 1. The van der Waals surface area contributed by atoms with Crippen LogP contribution in [-0.4, -0.2) is 27.5 Å². The Balaban J connectivity index is 3.04. The van der Waals surface area contributed by atoms with Gasteiger partial charge in [0.15, 0.2) is 0 Å². The maximum atomic E-state index is 12.9. The molecule has 0 saturated carbocycles. The van der Waals surface area contributed by atoms with Gasteiger partial charge in [-0.3, -0.25) is 4.79 Å². The fourth-order valence-electron chi connectivity index (χ4n) is 1.21. The zero-order valence-corrected chi connectivity index (χ0v) is 12.0. The molecule has 0 aliphatic heterocycles. The second kappa shape index (κ2) is 5.77. The molecule has 18 heavy (non-hydrogen) atoms. The van der Waals surface area contributed by atoms with Crippen molar-refractivity contribution < 1.29 is 22.3 Å². The van der Waals surface area contributed by atoms with Crippen molar-refractivity contribution in [3.05, 3.63) is 28.5 Å². The molecule has 1 N–H and O–H groups in total. The average molecular weight is 340 g/mol. The molecule has 0 heterocycles. The first-order chi connectivity index (χ1) is 8.27. The van der Waals surface area contributed by atoms with Crippen LogP contribution in [0.2, 0.25) is 0 Å². The summed E-state index contributed by atoms with van der Waals surface area (Å²) in [6, 6.07) is 2.11. The molecule has 1 unspecified atom stereocenters. The molecule has 5 nitrogen and oxygen atoms in total. The van der Waals surface area contributed by atoms with Gasteiger partial charge in [0.05, 0.1) is 12.0 Å². The van der Waals surface area contributed by atoms with Gasteiger partial charge in [0.1, 0.15) is 11.9 Å². The summed E-state index contributed by atoms with van der Waals surface area (Å²) in [6.45, 7) is 1.35. The smallest absolute Gasteiger partial charge is 0.323 e. The molecular formula is C10H11BrFNO4S. The van der Waals surface area contributed by atoms with Crippen molar-refractivity contribution in [2.24, 2.45) is 0 Å². The number of hydrogen-bond donors (Lipinski definition) is 1. The molecule has 0 aliphatic carbocycles. The normalized spacial score (nSPS) is 13.1. The second-order valence-corrected chi connectivity index (χ2v) is 5.98. The number of sulfonamides is 1. The third-order valence-corrected chi connectivity index (χ3v) is 4.59. The monoisotopic (exact) mass is 339 g/mol. The molecule has 1 rings (SSSR count). The van der Waals surface area contributed by atoms with Gasteiger partial charge in [-0.1, -0.05) is 0 Å². The Bertz CT molecular complexity index is 561. The number of nitrogens with one attached hydrogen (secondary N) is 1. The molecule has 0 spiro atoms. The number of benzene rings is 1. The maximum Gasteiger partial charge on any atom is 0.323 e. The SMILES string of the molecule is COC(=O)C(C)NS(=O)(=O)c1ccc(F)cc1Br. The van der Waals surface area contributed by atoms with Crippen molar-refractivity contribution in [2.45, 2.75) is 17.9 Å². The van der Waals surface area contributed by atoms with Gasteiger partial charge in [-0.2, -0.15) is 4.72 Å². The van der Waals surface area contributed by atoms with Gasteiger partial charge in [-0.05, 0) is 41.1 Å². The van der Waals surface area contributed by atoms with Crippen LogP contribution in [0.5, 0.6) is 0 Å². The first kappa shape index (κ1) is 15.1. The molecular weight excluding hydrogens is 329 g/mol. The zero-order valence-electron chi connectivity index (χ0n) is 9.61. The van der Waals surface area contributed by atoms with E-state index in [0.29, 0.717) is 0 Å². The first-order valence-corrected chi connectivity index (χ1v) is 7.10. The van der Waals surface area contributed by atoms with Crippen LogP contribution in [0, 0.1) is 5.82 Å². The van der Waals surface area contributed by atoms with Crippen LogP contribution >= 0.6 is 15.9 Å². The van der Waals surface area contributed by atoms with Gasteiger partial charge in [0, 0.05) is 4.47 Å². The largest absolute Gasteiger partial charge is 0.468 e. The summed E-state index contributed by atoms with van der Waals surface area (Å²) < 4.78 is 43.3. The fraction of sp³-hybridized carbons (Fsp3) is 0.300. The molecule has 100 valence electrons. The predicted molar refractivity (Wildman–Crippen MR) is 65.9 cm³/mol. The molecule has 1 aromatic rings. The molecule has 0 amide bonds. The lowest BCUT2D eigenvalue weighted by Gasteiger charge is -2.13. The van der Waals surface area contributed by atoms with E-state index in [4.69, 9.17) is 0 Å². The number of halogens is 2. The minimum absolute atomic E-state index is 0.0760. The zero-order chi connectivity index (χ0) is 13.9. The van der Waals surface area contributed by atoms with E-state index in [2.05, 4.69) is 25.4 Å². The Hall–Kier alpha value is -0.990. The number of esters is 1. The second-order valence-electron chi connectivity index (χ2n) is 3.44. The standard InChI is InChI=1S/C10H11BrFNO4S/c1-6(10(14)17-2)13-18(15,16)9-4-3-7(12)5-8(9)11/h3-6,13H,1-2H3. The summed E-state index contributed by atoms with van der Waals surface area (Å²) >= 11 is 2.95. The lowest BCUT2D eigenvalue weighted by molar-refractivity contribution is -0.142. The predicted octanol–water partition coefficient (Wildman–Crippen LogP) is 1.43. The molecule has 0 saturated heterocycles. The fourth-order valence-corrected chi connectivity index (χ4v) is 3.46. The highest BCUT2D eigenvalue weighted by molar-refractivity contribution is 9.10. The van der Waals surface area contributed by atoms with Crippen LogP contribution in [0.1, 0.15) is 6.92 Å². The Kier molecular flexibility index (Phi) is 4.83. The molecule has 1 aromatic carbocycles. The highest BCUT2D eigenvalue weighted by Gasteiger charge is 2.24. The quantitative estimate of drug-likeness (QED) is 0.842.